The van der Waals surface area contributed by atoms with Crippen molar-refractivity contribution >= 4 is 5.97 Å². The molecule has 1 rings (SSSR count). The molecule has 1 saturated heterocycles. The smallest absolute Gasteiger partial charge is 0.306 e. The maximum atomic E-state index is 10.6. The Labute approximate surface area is 84.2 Å². The predicted octanol–water partition coefficient (Wildman–Crippen LogP) is 1.64. The van der Waals surface area contributed by atoms with Gasteiger partial charge in [-0.05, 0) is 13.8 Å². The van der Waals surface area contributed by atoms with E-state index in [-0.39, 0.29) is 17.9 Å². The molecule has 0 aromatic rings. The third-order valence-electron chi connectivity index (χ3n) is 2.45. The Balaban J connectivity index is 2.71. The highest BCUT2D eigenvalue weighted by molar-refractivity contribution is 5.67. The fraction of sp³-hybridized carbons (Fsp3) is 0.900. The highest BCUT2D eigenvalue weighted by Gasteiger charge is 2.42. The Kier molecular flexibility index (Phi) is 2.88. The fourth-order valence-corrected chi connectivity index (χ4v) is 1.47. The van der Waals surface area contributed by atoms with Gasteiger partial charge in [0.25, 0.3) is 0 Å². The lowest BCUT2D eigenvalue weighted by atomic mass is 9.84. The molecule has 1 unspecified atom stereocenters. The number of carboxylic acid groups (broad SMARTS) is 1. The Morgan fingerprint density at radius 3 is 2.50 bits per heavy atom. The molecule has 0 bridgehead atoms. The van der Waals surface area contributed by atoms with Crippen molar-refractivity contribution in [3.05, 3.63) is 0 Å². The van der Waals surface area contributed by atoms with E-state index >= 15 is 0 Å². The van der Waals surface area contributed by atoms with Gasteiger partial charge in [0.1, 0.15) is 0 Å². The number of carboxylic acids is 1. The van der Waals surface area contributed by atoms with Crippen LogP contribution < -0.4 is 0 Å². The number of rotatable bonds is 2. The molecule has 1 atom stereocenters. The Bertz CT molecular complexity index is 232. The first kappa shape index (κ1) is 11.5. The van der Waals surface area contributed by atoms with Gasteiger partial charge in [-0.1, -0.05) is 13.8 Å². The van der Waals surface area contributed by atoms with Crippen LogP contribution in [0.2, 0.25) is 0 Å². The van der Waals surface area contributed by atoms with E-state index in [0.717, 1.165) is 0 Å². The van der Waals surface area contributed by atoms with Crippen molar-refractivity contribution in [2.45, 2.75) is 46.0 Å². The molecular formula is C10H18O4. The lowest BCUT2D eigenvalue weighted by Crippen LogP contribution is -2.50. The molecule has 0 aromatic heterocycles. The van der Waals surface area contributed by atoms with Crippen LogP contribution >= 0.6 is 0 Å². The molecule has 14 heavy (non-hydrogen) atoms. The zero-order valence-electron chi connectivity index (χ0n) is 9.16. The van der Waals surface area contributed by atoms with Gasteiger partial charge < -0.3 is 14.6 Å². The summed E-state index contributed by atoms with van der Waals surface area (Å²) in [6, 6.07) is 0. The minimum absolute atomic E-state index is 0.0276. The average molecular weight is 202 g/mol. The molecule has 1 heterocycles. The van der Waals surface area contributed by atoms with Crippen LogP contribution in [0.25, 0.3) is 0 Å². The lowest BCUT2D eigenvalue weighted by molar-refractivity contribution is -0.311. The van der Waals surface area contributed by atoms with Crippen LogP contribution in [0.4, 0.5) is 0 Å². The van der Waals surface area contributed by atoms with E-state index in [1.807, 2.05) is 13.8 Å². The van der Waals surface area contributed by atoms with Crippen molar-refractivity contribution < 1.29 is 19.4 Å². The zero-order valence-corrected chi connectivity index (χ0v) is 9.16. The van der Waals surface area contributed by atoms with E-state index in [1.165, 1.54) is 0 Å². The van der Waals surface area contributed by atoms with Crippen LogP contribution in [-0.4, -0.2) is 29.6 Å². The molecule has 4 heteroatoms. The molecule has 0 radical (unpaired) electrons. The first-order valence-electron chi connectivity index (χ1n) is 4.76. The Hall–Kier alpha value is -0.610. The number of ether oxygens (including phenoxy) is 2. The van der Waals surface area contributed by atoms with Crippen LogP contribution in [0, 0.1) is 5.41 Å². The largest absolute Gasteiger partial charge is 0.481 e. The Morgan fingerprint density at radius 1 is 1.43 bits per heavy atom. The summed E-state index contributed by atoms with van der Waals surface area (Å²) in [7, 11) is 0. The van der Waals surface area contributed by atoms with Gasteiger partial charge in [-0.3, -0.25) is 4.79 Å². The molecule has 1 aliphatic heterocycles. The van der Waals surface area contributed by atoms with Crippen LogP contribution in [0.1, 0.15) is 34.1 Å². The summed E-state index contributed by atoms with van der Waals surface area (Å²) >= 11 is 0. The molecule has 1 N–H and O–H groups in total. The monoisotopic (exact) mass is 202 g/mol. The van der Waals surface area contributed by atoms with E-state index in [4.69, 9.17) is 14.6 Å². The van der Waals surface area contributed by atoms with Crippen molar-refractivity contribution in [3.63, 3.8) is 0 Å². The van der Waals surface area contributed by atoms with Crippen molar-refractivity contribution in [2.24, 2.45) is 5.41 Å². The quantitative estimate of drug-likeness (QED) is 0.739. The average Bonchev–Trinajstić information content (AvgIpc) is 1.97. The summed E-state index contributed by atoms with van der Waals surface area (Å²) in [5.41, 5.74) is -0.242. The molecule has 1 fully saturated rings. The van der Waals surface area contributed by atoms with Crippen molar-refractivity contribution in [3.8, 4) is 0 Å². The lowest BCUT2D eigenvalue weighted by Gasteiger charge is -2.45. The molecule has 82 valence electrons. The first-order valence-corrected chi connectivity index (χ1v) is 4.76. The molecule has 0 amide bonds. The van der Waals surface area contributed by atoms with E-state index in [0.29, 0.717) is 6.61 Å². The van der Waals surface area contributed by atoms with Gasteiger partial charge in [-0.15, -0.1) is 0 Å². The second-order valence-electron chi connectivity index (χ2n) is 4.88. The SMILES string of the molecule is CC1(C)OCC(C)(C)C(CC(=O)O)O1. The standard InChI is InChI=1S/C10H18O4/c1-9(2)6-13-10(3,4)14-7(9)5-8(11)12/h7H,5-6H2,1-4H3,(H,11,12). The summed E-state index contributed by atoms with van der Waals surface area (Å²) < 4.78 is 11.1. The minimum atomic E-state index is -0.833. The predicted molar refractivity (Wildman–Crippen MR) is 50.9 cm³/mol. The van der Waals surface area contributed by atoms with Gasteiger partial charge in [0.05, 0.1) is 19.1 Å². The highest BCUT2D eigenvalue weighted by Crippen LogP contribution is 2.36. The second kappa shape index (κ2) is 3.51. The van der Waals surface area contributed by atoms with Crippen LogP contribution in [0.5, 0.6) is 0 Å². The summed E-state index contributed by atoms with van der Waals surface area (Å²) in [5, 5.41) is 8.75. The third kappa shape index (κ3) is 2.69. The summed E-state index contributed by atoms with van der Waals surface area (Å²) in [4.78, 5) is 10.6. The van der Waals surface area contributed by atoms with E-state index in [9.17, 15) is 4.79 Å². The van der Waals surface area contributed by atoms with Gasteiger partial charge >= 0.3 is 5.97 Å². The number of hydrogen-bond acceptors (Lipinski definition) is 3. The second-order valence-corrected chi connectivity index (χ2v) is 4.88. The summed E-state index contributed by atoms with van der Waals surface area (Å²) in [5.74, 6) is -1.50. The van der Waals surface area contributed by atoms with Crippen LogP contribution in [0.3, 0.4) is 0 Å². The minimum Gasteiger partial charge on any atom is -0.481 e. The van der Waals surface area contributed by atoms with E-state index in [1.54, 1.807) is 13.8 Å². The van der Waals surface area contributed by atoms with Crippen LogP contribution in [0.15, 0.2) is 0 Å². The van der Waals surface area contributed by atoms with Crippen molar-refractivity contribution in [1.82, 2.24) is 0 Å². The Morgan fingerprint density at radius 2 is 2.00 bits per heavy atom. The summed E-state index contributed by atoms with van der Waals surface area (Å²) in [6.45, 7) is 8.04. The molecule has 0 aliphatic carbocycles. The van der Waals surface area contributed by atoms with Crippen molar-refractivity contribution in [1.29, 1.82) is 0 Å². The topological polar surface area (TPSA) is 55.8 Å². The van der Waals surface area contributed by atoms with Gasteiger partial charge in [-0.2, -0.15) is 0 Å². The van der Waals surface area contributed by atoms with Gasteiger partial charge in [0.15, 0.2) is 5.79 Å². The summed E-state index contributed by atoms with van der Waals surface area (Å²) in [6.07, 6.45) is -0.261. The van der Waals surface area contributed by atoms with Gasteiger partial charge in [0, 0.05) is 5.41 Å². The third-order valence-corrected chi connectivity index (χ3v) is 2.45. The highest BCUT2D eigenvalue weighted by atomic mass is 16.7. The normalized spacial score (nSPS) is 29.9. The van der Waals surface area contributed by atoms with Crippen LogP contribution in [-0.2, 0) is 14.3 Å². The maximum Gasteiger partial charge on any atom is 0.306 e. The molecule has 1 aliphatic rings. The number of hydrogen-bond donors (Lipinski definition) is 1. The molecule has 0 spiro atoms. The fourth-order valence-electron chi connectivity index (χ4n) is 1.47. The number of aliphatic carboxylic acids is 1. The molecule has 0 aromatic carbocycles. The van der Waals surface area contributed by atoms with Gasteiger partial charge in [0.2, 0.25) is 0 Å². The molecular weight excluding hydrogens is 184 g/mol. The maximum absolute atomic E-state index is 10.6. The first-order chi connectivity index (χ1) is 6.23. The molecule has 4 nitrogen and oxygen atoms in total. The van der Waals surface area contributed by atoms with Gasteiger partial charge in [-0.25, -0.2) is 0 Å². The number of carbonyl (C=O) groups is 1. The van der Waals surface area contributed by atoms with E-state index < -0.39 is 11.8 Å². The molecule has 0 saturated carbocycles. The van der Waals surface area contributed by atoms with Crippen molar-refractivity contribution in [2.75, 3.05) is 6.61 Å². The zero-order chi connectivity index (χ0) is 11.0. The van der Waals surface area contributed by atoms with E-state index in [2.05, 4.69) is 0 Å².